The van der Waals surface area contributed by atoms with E-state index < -0.39 is 0 Å². The fraction of sp³-hybridized carbons (Fsp3) is 0.389. The predicted octanol–water partition coefficient (Wildman–Crippen LogP) is 3.36. The summed E-state index contributed by atoms with van der Waals surface area (Å²) in [5.41, 5.74) is 2.85. The number of carbonyl (C=O) groups excluding carboxylic acids is 1. The number of rotatable bonds is 5. The first kappa shape index (κ1) is 16.0. The average molecular weight is 327 g/mol. The summed E-state index contributed by atoms with van der Waals surface area (Å²) < 4.78 is 0. The van der Waals surface area contributed by atoms with Gasteiger partial charge in [-0.25, -0.2) is 4.98 Å². The number of amides is 1. The molecular weight excluding hydrogens is 306 g/mol. The summed E-state index contributed by atoms with van der Waals surface area (Å²) in [6.45, 7) is 3.76. The lowest BCUT2D eigenvalue weighted by Gasteiger charge is -2.14. The van der Waals surface area contributed by atoms with Crippen LogP contribution in [0.1, 0.15) is 34.6 Å². The van der Waals surface area contributed by atoms with E-state index in [1.54, 1.807) is 18.0 Å². The van der Waals surface area contributed by atoms with Crippen LogP contribution in [0.15, 0.2) is 41.6 Å². The van der Waals surface area contributed by atoms with E-state index in [4.69, 9.17) is 0 Å². The van der Waals surface area contributed by atoms with E-state index in [-0.39, 0.29) is 5.91 Å². The largest absolute Gasteiger partial charge is 0.339 e. The van der Waals surface area contributed by atoms with E-state index in [1.807, 2.05) is 36.1 Å². The van der Waals surface area contributed by atoms with E-state index in [9.17, 15) is 4.79 Å². The predicted molar refractivity (Wildman–Crippen MR) is 92.8 cm³/mol. The zero-order chi connectivity index (χ0) is 16.1. The maximum atomic E-state index is 12.3. The number of carbonyl (C=O) groups is 1. The van der Waals surface area contributed by atoms with E-state index >= 15 is 0 Å². The minimum atomic E-state index is 0.107. The summed E-state index contributed by atoms with van der Waals surface area (Å²) in [5.74, 6) is 1.04. The molecule has 0 unspecified atom stereocenters. The van der Waals surface area contributed by atoms with Gasteiger partial charge in [0.05, 0.1) is 10.6 Å². The molecule has 1 saturated heterocycles. The molecule has 0 saturated carbocycles. The number of pyridine rings is 2. The van der Waals surface area contributed by atoms with Crippen molar-refractivity contribution in [2.24, 2.45) is 0 Å². The molecule has 0 aromatic carbocycles. The van der Waals surface area contributed by atoms with E-state index in [0.717, 1.165) is 54.5 Å². The van der Waals surface area contributed by atoms with Crippen molar-refractivity contribution in [3.05, 3.63) is 53.5 Å². The number of thioether (sulfide) groups is 1. The van der Waals surface area contributed by atoms with Crippen LogP contribution in [0, 0.1) is 6.92 Å². The third-order valence-electron chi connectivity index (χ3n) is 3.93. The molecule has 1 fully saturated rings. The van der Waals surface area contributed by atoms with E-state index in [0.29, 0.717) is 5.56 Å². The van der Waals surface area contributed by atoms with Gasteiger partial charge < -0.3 is 4.90 Å². The molecule has 0 spiro atoms. The summed E-state index contributed by atoms with van der Waals surface area (Å²) in [7, 11) is 0. The van der Waals surface area contributed by atoms with Crippen molar-refractivity contribution in [3.63, 3.8) is 0 Å². The Balaban J connectivity index is 1.52. The van der Waals surface area contributed by atoms with Crippen LogP contribution < -0.4 is 0 Å². The van der Waals surface area contributed by atoms with Crippen molar-refractivity contribution < 1.29 is 4.79 Å². The normalized spacial score (nSPS) is 14.2. The lowest BCUT2D eigenvalue weighted by molar-refractivity contribution is 0.0792. The number of hydrogen-bond acceptors (Lipinski definition) is 4. The highest BCUT2D eigenvalue weighted by atomic mass is 32.2. The average Bonchev–Trinajstić information content (AvgIpc) is 3.09. The monoisotopic (exact) mass is 327 g/mol. The lowest BCUT2D eigenvalue weighted by Crippen LogP contribution is -2.27. The Bertz CT molecular complexity index is 666. The summed E-state index contributed by atoms with van der Waals surface area (Å²) in [6.07, 6.45) is 4.84. The van der Waals surface area contributed by atoms with Crippen LogP contribution in [0.25, 0.3) is 0 Å². The molecule has 0 N–H and O–H groups in total. The van der Waals surface area contributed by atoms with Crippen molar-refractivity contribution in [2.45, 2.75) is 31.2 Å². The molecule has 1 aliphatic heterocycles. The minimum absolute atomic E-state index is 0.107. The van der Waals surface area contributed by atoms with Crippen molar-refractivity contribution in [3.8, 4) is 0 Å². The third-order valence-corrected chi connectivity index (χ3v) is 4.88. The van der Waals surface area contributed by atoms with Crippen LogP contribution in [0.5, 0.6) is 0 Å². The summed E-state index contributed by atoms with van der Waals surface area (Å²) in [4.78, 5) is 23.1. The topological polar surface area (TPSA) is 46.1 Å². The second-order valence-corrected chi connectivity index (χ2v) is 6.87. The Kier molecular flexibility index (Phi) is 5.28. The van der Waals surface area contributed by atoms with Crippen LogP contribution >= 0.6 is 11.8 Å². The van der Waals surface area contributed by atoms with Gasteiger partial charge in [-0.3, -0.25) is 9.78 Å². The number of likely N-dealkylation sites (tertiary alicyclic amines) is 1. The fourth-order valence-electron chi connectivity index (χ4n) is 2.69. The van der Waals surface area contributed by atoms with Gasteiger partial charge in [0.25, 0.3) is 5.91 Å². The molecule has 3 rings (SSSR count). The maximum Gasteiger partial charge on any atom is 0.255 e. The molecule has 0 aliphatic carbocycles. The van der Waals surface area contributed by atoms with Crippen LogP contribution in [0.3, 0.4) is 0 Å². The smallest absolute Gasteiger partial charge is 0.255 e. The quantitative estimate of drug-likeness (QED) is 0.790. The van der Waals surface area contributed by atoms with E-state index in [2.05, 4.69) is 16.0 Å². The molecule has 1 aliphatic rings. The van der Waals surface area contributed by atoms with Gasteiger partial charge in [-0.05, 0) is 50.5 Å². The fourth-order valence-corrected chi connectivity index (χ4v) is 3.51. The van der Waals surface area contributed by atoms with Gasteiger partial charge in [-0.2, -0.15) is 0 Å². The van der Waals surface area contributed by atoms with Gasteiger partial charge in [-0.15, -0.1) is 11.8 Å². The van der Waals surface area contributed by atoms with Crippen LogP contribution in [-0.4, -0.2) is 39.6 Å². The first-order valence-electron chi connectivity index (χ1n) is 8.03. The van der Waals surface area contributed by atoms with Crippen molar-refractivity contribution in [1.29, 1.82) is 0 Å². The van der Waals surface area contributed by atoms with Gasteiger partial charge in [0, 0.05) is 36.4 Å². The molecule has 0 radical (unpaired) electrons. The number of aromatic nitrogens is 2. The Labute approximate surface area is 141 Å². The first-order chi connectivity index (χ1) is 11.2. The minimum Gasteiger partial charge on any atom is -0.339 e. The van der Waals surface area contributed by atoms with Crippen molar-refractivity contribution in [2.75, 3.05) is 18.8 Å². The molecule has 3 heterocycles. The SMILES string of the molecule is Cc1cccc(CCSc2ccc(C(=O)N3CCCC3)cn2)n1. The highest BCUT2D eigenvalue weighted by molar-refractivity contribution is 7.99. The Morgan fingerprint density at radius 3 is 2.74 bits per heavy atom. The zero-order valence-electron chi connectivity index (χ0n) is 13.4. The van der Waals surface area contributed by atoms with Gasteiger partial charge >= 0.3 is 0 Å². The lowest BCUT2D eigenvalue weighted by atomic mass is 10.2. The third kappa shape index (κ3) is 4.32. The number of hydrogen-bond donors (Lipinski definition) is 0. The van der Waals surface area contributed by atoms with Gasteiger partial charge in [-0.1, -0.05) is 6.07 Å². The molecular formula is C18H21N3OS. The summed E-state index contributed by atoms with van der Waals surface area (Å²) >= 11 is 1.70. The van der Waals surface area contributed by atoms with Gasteiger partial charge in [0.2, 0.25) is 0 Å². The molecule has 5 heteroatoms. The first-order valence-corrected chi connectivity index (χ1v) is 9.01. The summed E-state index contributed by atoms with van der Waals surface area (Å²) in [5, 5.41) is 0.954. The molecule has 0 atom stereocenters. The zero-order valence-corrected chi connectivity index (χ0v) is 14.2. The molecule has 23 heavy (non-hydrogen) atoms. The molecule has 120 valence electrons. The Hall–Kier alpha value is -1.88. The van der Waals surface area contributed by atoms with Gasteiger partial charge in [0.1, 0.15) is 0 Å². The van der Waals surface area contributed by atoms with Crippen molar-refractivity contribution >= 4 is 17.7 Å². The van der Waals surface area contributed by atoms with Crippen LogP contribution in [0.2, 0.25) is 0 Å². The highest BCUT2D eigenvalue weighted by Gasteiger charge is 2.19. The van der Waals surface area contributed by atoms with Crippen molar-refractivity contribution in [1.82, 2.24) is 14.9 Å². The molecule has 4 nitrogen and oxygen atoms in total. The molecule has 2 aromatic rings. The van der Waals surface area contributed by atoms with Crippen LogP contribution in [-0.2, 0) is 6.42 Å². The van der Waals surface area contributed by atoms with Crippen LogP contribution in [0.4, 0.5) is 0 Å². The van der Waals surface area contributed by atoms with E-state index in [1.165, 1.54) is 0 Å². The number of aryl methyl sites for hydroxylation is 2. The second-order valence-electron chi connectivity index (χ2n) is 5.75. The second kappa shape index (κ2) is 7.59. The standard InChI is InChI=1S/C18H21N3OS/c1-14-5-4-6-16(20-14)9-12-23-17-8-7-15(13-19-17)18(22)21-10-2-3-11-21/h4-8,13H,2-3,9-12H2,1H3. The maximum absolute atomic E-state index is 12.3. The molecule has 0 bridgehead atoms. The highest BCUT2D eigenvalue weighted by Crippen LogP contribution is 2.18. The Morgan fingerprint density at radius 1 is 1.22 bits per heavy atom. The molecule has 2 aromatic heterocycles. The number of nitrogens with zero attached hydrogens (tertiary/aromatic N) is 3. The summed E-state index contributed by atoms with van der Waals surface area (Å²) in [6, 6.07) is 9.94. The Morgan fingerprint density at radius 2 is 2.04 bits per heavy atom. The van der Waals surface area contributed by atoms with Gasteiger partial charge in [0.15, 0.2) is 0 Å². The molecule has 1 amide bonds.